The molecule has 0 atom stereocenters. The van der Waals surface area contributed by atoms with E-state index in [1.54, 1.807) is 18.5 Å². The van der Waals surface area contributed by atoms with E-state index in [0.29, 0.717) is 23.2 Å². The van der Waals surface area contributed by atoms with Crippen molar-refractivity contribution >= 4 is 28.7 Å². The molecule has 1 N–H and O–H groups in total. The number of fused-ring (bicyclic) bond motifs is 1. The van der Waals surface area contributed by atoms with E-state index < -0.39 is 0 Å². The van der Waals surface area contributed by atoms with Gasteiger partial charge >= 0.3 is 5.97 Å². The van der Waals surface area contributed by atoms with Crippen LogP contribution >= 0.6 is 11.3 Å². The topological polar surface area (TPSA) is 82.0 Å². The number of hydrazone groups is 1. The number of rotatable bonds is 6. The second kappa shape index (κ2) is 7.31. The lowest BCUT2D eigenvalue weighted by Gasteiger charge is -2.02. The summed E-state index contributed by atoms with van der Waals surface area (Å²) in [6.45, 7) is 4.37. The number of hydrogen-bond acceptors (Lipinski definition) is 8. The van der Waals surface area contributed by atoms with Crippen LogP contribution in [-0.2, 0) is 16.0 Å². The molecule has 7 nitrogen and oxygen atoms in total. The molecule has 8 heteroatoms. The van der Waals surface area contributed by atoms with E-state index in [1.165, 1.54) is 11.3 Å². The molecule has 0 amide bonds. The predicted octanol–water partition coefficient (Wildman–Crippen LogP) is 2.73. The SMILES string of the molecule is CCOC(=O)Cc1csc(NN=Cc2cc3c(cc2C)OCO3)n1. The number of thiazole rings is 1. The van der Waals surface area contributed by atoms with Gasteiger partial charge in [0, 0.05) is 10.9 Å². The van der Waals surface area contributed by atoms with E-state index in [-0.39, 0.29) is 19.2 Å². The highest BCUT2D eigenvalue weighted by Gasteiger charge is 2.14. The zero-order valence-electron chi connectivity index (χ0n) is 13.4. The summed E-state index contributed by atoms with van der Waals surface area (Å²) >= 11 is 1.38. The number of ether oxygens (including phenoxy) is 3. The maximum atomic E-state index is 11.4. The van der Waals surface area contributed by atoms with Gasteiger partial charge in [-0.05, 0) is 31.5 Å². The molecule has 0 fully saturated rings. The number of hydrogen-bond donors (Lipinski definition) is 1. The van der Waals surface area contributed by atoms with Crippen molar-refractivity contribution < 1.29 is 19.0 Å². The fourth-order valence-corrected chi connectivity index (χ4v) is 2.81. The normalized spacial score (nSPS) is 12.6. The lowest BCUT2D eigenvalue weighted by atomic mass is 10.1. The first-order chi connectivity index (χ1) is 11.7. The Labute approximate surface area is 143 Å². The largest absolute Gasteiger partial charge is 0.466 e. The molecule has 0 aliphatic carbocycles. The zero-order chi connectivity index (χ0) is 16.9. The number of nitrogens with one attached hydrogen (secondary N) is 1. The van der Waals surface area contributed by atoms with Crippen molar-refractivity contribution in [3.8, 4) is 11.5 Å². The molecule has 2 aromatic rings. The van der Waals surface area contributed by atoms with E-state index in [9.17, 15) is 4.79 Å². The summed E-state index contributed by atoms with van der Waals surface area (Å²) in [4.78, 5) is 15.7. The summed E-state index contributed by atoms with van der Waals surface area (Å²) in [5.74, 6) is 1.18. The molecule has 0 unspecified atom stereocenters. The highest BCUT2D eigenvalue weighted by atomic mass is 32.1. The third-order valence-corrected chi connectivity index (χ3v) is 4.10. The van der Waals surface area contributed by atoms with E-state index in [4.69, 9.17) is 14.2 Å². The predicted molar refractivity (Wildman–Crippen MR) is 91.0 cm³/mol. The molecule has 0 spiro atoms. The summed E-state index contributed by atoms with van der Waals surface area (Å²) in [6.07, 6.45) is 1.86. The van der Waals surface area contributed by atoms with Crippen LogP contribution in [0.3, 0.4) is 0 Å². The number of carbonyl (C=O) groups excluding carboxylic acids is 1. The molecule has 1 aromatic carbocycles. The van der Waals surface area contributed by atoms with Crippen molar-refractivity contribution in [3.63, 3.8) is 0 Å². The zero-order valence-corrected chi connectivity index (χ0v) is 14.2. The van der Waals surface area contributed by atoms with Crippen LogP contribution in [-0.4, -0.2) is 30.6 Å². The Bertz CT molecular complexity index is 773. The van der Waals surface area contributed by atoms with Crippen molar-refractivity contribution in [3.05, 3.63) is 34.3 Å². The lowest BCUT2D eigenvalue weighted by Crippen LogP contribution is -2.07. The second-order valence-corrected chi connectivity index (χ2v) is 5.92. The number of benzene rings is 1. The number of anilines is 1. The first kappa shape index (κ1) is 16.3. The van der Waals surface area contributed by atoms with Crippen molar-refractivity contribution in [2.24, 2.45) is 5.10 Å². The van der Waals surface area contributed by atoms with Gasteiger partial charge in [-0.2, -0.15) is 5.10 Å². The van der Waals surface area contributed by atoms with Gasteiger partial charge in [0.2, 0.25) is 11.9 Å². The molecule has 24 heavy (non-hydrogen) atoms. The van der Waals surface area contributed by atoms with Gasteiger partial charge in [0.15, 0.2) is 11.5 Å². The maximum absolute atomic E-state index is 11.4. The van der Waals surface area contributed by atoms with E-state index in [1.807, 2.05) is 19.1 Å². The molecule has 1 aliphatic rings. The number of esters is 1. The molecule has 1 aromatic heterocycles. The summed E-state index contributed by atoms with van der Waals surface area (Å²) < 4.78 is 15.6. The van der Waals surface area contributed by atoms with Crippen LogP contribution in [0.1, 0.15) is 23.7 Å². The lowest BCUT2D eigenvalue weighted by molar-refractivity contribution is -0.142. The Morgan fingerprint density at radius 3 is 3.04 bits per heavy atom. The first-order valence-corrected chi connectivity index (χ1v) is 8.33. The third kappa shape index (κ3) is 3.83. The molecule has 126 valence electrons. The molecule has 0 saturated heterocycles. The fourth-order valence-electron chi connectivity index (χ4n) is 2.15. The van der Waals surface area contributed by atoms with Gasteiger partial charge in [-0.1, -0.05) is 0 Å². The average molecular weight is 347 g/mol. The smallest absolute Gasteiger partial charge is 0.311 e. The average Bonchev–Trinajstić information content (AvgIpc) is 3.16. The van der Waals surface area contributed by atoms with Gasteiger partial charge in [-0.3, -0.25) is 10.2 Å². The van der Waals surface area contributed by atoms with Gasteiger partial charge in [0.05, 0.1) is 24.9 Å². The molecular formula is C16H17N3O4S. The highest BCUT2D eigenvalue weighted by molar-refractivity contribution is 7.13. The Hall–Kier alpha value is -2.61. The van der Waals surface area contributed by atoms with Crippen LogP contribution < -0.4 is 14.9 Å². The van der Waals surface area contributed by atoms with Crippen LogP contribution in [0.2, 0.25) is 0 Å². The molecule has 0 saturated carbocycles. The number of aryl methyl sites for hydroxylation is 1. The minimum Gasteiger partial charge on any atom is -0.466 e. The highest BCUT2D eigenvalue weighted by Crippen LogP contribution is 2.34. The van der Waals surface area contributed by atoms with Crippen molar-refractivity contribution in [1.82, 2.24) is 4.98 Å². The fraction of sp³-hybridized carbons (Fsp3) is 0.312. The van der Waals surface area contributed by atoms with E-state index in [0.717, 1.165) is 16.9 Å². The van der Waals surface area contributed by atoms with Crippen molar-refractivity contribution in [2.45, 2.75) is 20.3 Å². The molecule has 0 bridgehead atoms. The van der Waals surface area contributed by atoms with Crippen LogP contribution in [0.4, 0.5) is 5.13 Å². The first-order valence-electron chi connectivity index (χ1n) is 7.45. The Kier molecular flexibility index (Phi) is 4.95. The number of carbonyl (C=O) groups is 1. The monoisotopic (exact) mass is 347 g/mol. The molecule has 0 radical (unpaired) electrons. The minimum atomic E-state index is -0.283. The molecular weight excluding hydrogens is 330 g/mol. The maximum Gasteiger partial charge on any atom is 0.311 e. The Morgan fingerprint density at radius 2 is 2.25 bits per heavy atom. The summed E-state index contributed by atoms with van der Waals surface area (Å²) in [5.41, 5.74) is 5.49. The Morgan fingerprint density at radius 1 is 1.46 bits per heavy atom. The summed E-state index contributed by atoms with van der Waals surface area (Å²) in [7, 11) is 0. The number of nitrogens with zero attached hydrogens (tertiary/aromatic N) is 2. The summed E-state index contributed by atoms with van der Waals surface area (Å²) in [6, 6.07) is 3.81. The molecule has 1 aliphatic heterocycles. The second-order valence-electron chi connectivity index (χ2n) is 5.06. The van der Waals surface area contributed by atoms with E-state index >= 15 is 0 Å². The van der Waals surface area contributed by atoms with Crippen LogP contribution in [0.5, 0.6) is 11.5 Å². The van der Waals surface area contributed by atoms with Crippen LogP contribution in [0.25, 0.3) is 0 Å². The van der Waals surface area contributed by atoms with Gasteiger partial charge in [0.1, 0.15) is 0 Å². The van der Waals surface area contributed by atoms with Gasteiger partial charge in [-0.15, -0.1) is 11.3 Å². The summed E-state index contributed by atoms with van der Waals surface area (Å²) in [5, 5.41) is 6.61. The van der Waals surface area contributed by atoms with Crippen LogP contribution in [0.15, 0.2) is 22.6 Å². The third-order valence-electron chi connectivity index (χ3n) is 3.31. The quantitative estimate of drug-likeness (QED) is 0.491. The van der Waals surface area contributed by atoms with Gasteiger partial charge in [0.25, 0.3) is 0 Å². The molecule has 3 rings (SSSR count). The molecule has 2 heterocycles. The standard InChI is InChI=1S/C16H17N3O4S/c1-3-21-15(20)6-12-8-24-16(18-12)19-17-7-11-5-14-13(4-10(11)2)22-9-23-14/h4-5,7-8H,3,6,9H2,1-2H3,(H,18,19). The number of aromatic nitrogens is 1. The van der Waals surface area contributed by atoms with Crippen molar-refractivity contribution in [1.29, 1.82) is 0 Å². The minimum absolute atomic E-state index is 0.164. The van der Waals surface area contributed by atoms with Gasteiger partial charge in [-0.25, -0.2) is 4.98 Å². The van der Waals surface area contributed by atoms with E-state index in [2.05, 4.69) is 15.5 Å². The van der Waals surface area contributed by atoms with Gasteiger partial charge < -0.3 is 14.2 Å². The van der Waals surface area contributed by atoms with Crippen LogP contribution in [0, 0.1) is 6.92 Å². The van der Waals surface area contributed by atoms with Crippen molar-refractivity contribution in [2.75, 3.05) is 18.8 Å². The Balaban J connectivity index is 1.61.